The second-order valence-corrected chi connectivity index (χ2v) is 9.87. The fourth-order valence-corrected chi connectivity index (χ4v) is 4.56. The maximum absolute atomic E-state index is 13.9. The van der Waals surface area contributed by atoms with Crippen molar-refractivity contribution >= 4 is 52.2 Å². The van der Waals surface area contributed by atoms with Crippen LogP contribution in [0, 0.1) is 24.4 Å². The number of ether oxygens (including phenoxy) is 2. The van der Waals surface area contributed by atoms with Gasteiger partial charge in [0.25, 0.3) is 17.1 Å². The number of nitrogens with zero attached hydrogens (tertiary/aromatic N) is 1. The molecule has 1 aliphatic heterocycles. The lowest BCUT2D eigenvalue weighted by Gasteiger charge is -2.13. The number of hydrogen-bond acceptors (Lipinski definition) is 7. The number of benzene rings is 3. The Balaban J connectivity index is 1.41. The molecule has 1 aliphatic rings. The number of rotatable bonds is 10. The molecule has 0 radical (unpaired) electrons. The van der Waals surface area contributed by atoms with Crippen molar-refractivity contribution in [2.75, 3.05) is 30.4 Å². The third-order valence-corrected chi connectivity index (χ3v) is 6.65. The summed E-state index contributed by atoms with van der Waals surface area (Å²) in [5.41, 5.74) is 1.50. The van der Waals surface area contributed by atoms with E-state index in [0.717, 1.165) is 11.6 Å². The Hall–Kier alpha value is -4.78. The van der Waals surface area contributed by atoms with Crippen molar-refractivity contribution in [2.45, 2.75) is 13.8 Å². The zero-order chi connectivity index (χ0) is 30.4. The smallest absolute Gasteiger partial charge is 0.294 e. The van der Waals surface area contributed by atoms with Crippen LogP contribution in [0.5, 0.6) is 11.5 Å². The number of carbonyl (C=O) groups excluding carboxylic acids is 4. The quantitative estimate of drug-likeness (QED) is 0.234. The van der Waals surface area contributed by atoms with Gasteiger partial charge in [0.2, 0.25) is 5.91 Å². The van der Waals surface area contributed by atoms with Crippen LogP contribution < -0.4 is 20.1 Å². The number of aryl methyl sites for hydroxylation is 1. The predicted molar refractivity (Wildman–Crippen MR) is 151 cm³/mol. The van der Waals surface area contributed by atoms with E-state index in [1.807, 2.05) is 24.4 Å². The van der Waals surface area contributed by atoms with E-state index in [0.29, 0.717) is 39.7 Å². The van der Waals surface area contributed by atoms with Crippen LogP contribution in [0.25, 0.3) is 6.08 Å². The predicted octanol–water partition coefficient (Wildman–Crippen LogP) is 5.50. The van der Waals surface area contributed by atoms with E-state index < -0.39 is 46.7 Å². The number of anilines is 2. The van der Waals surface area contributed by atoms with Crippen LogP contribution in [-0.4, -0.2) is 47.6 Å². The third-order valence-electron chi connectivity index (χ3n) is 5.74. The summed E-state index contributed by atoms with van der Waals surface area (Å²) < 4.78 is 51.7. The van der Waals surface area contributed by atoms with Crippen LogP contribution in [0.4, 0.5) is 29.3 Å². The summed E-state index contributed by atoms with van der Waals surface area (Å²) in [5, 5.41) is 3.99. The van der Waals surface area contributed by atoms with Crippen molar-refractivity contribution < 1.29 is 41.8 Å². The standard InChI is InChI=1S/C29H24F3N3O6S/c1-3-40-22-12-17(6-11-21(22)41-15-25(37)33-18-7-4-16(2)5-8-18)13-23-28(38)35(29(39)42-23)14-24(36)34-20-10-9-19(30)26(31)27(20)32/h4-13H,3,14-15H2,1-2H3,(H,33,37)(H,34,36)/b23-13-. The Labute approximate surface area is 242 Å². The van der Waals surface area contributed by atoms with Gasteiger partial charge < -0.3 is 20.1 Å². The summed E-state index contributed by atoms with van der Waals surface area (Å²) in [6.45, 7) is 2.90. The summed E-state index contributed by atoms with van der Waals surface area (Å²) >= 11 is 0.582. The molecule has 4 amide bonds. The molecule has 3 aromatic carbocycles. The highest BCUT2D eigenvalue weighted by molar-refractivity contribution is 8.18. The van der Waals surface area contributed by atoms with Crippen LogP contribution in [0.1, 0.15) is 18.1 Å². The van der Waals surface area contributed by atoms with Gasteiger partial charge in [-0.2, -0.15) is 0 Å². The van der Waals surface area contributed by atoms with E-state index >= 15 is 0 Å². The fourth-order valence-electron chi connectivity index (χ4n) is 3.72. The summed E-state index contributed by atoms with van der Waals surface area (Å²) in [6, 6.07) is 13.4. The fraction of sp³-hybridized carbons (Fsp3) is 0.172. The molecule has 0 unspecified atom stereocenters. The van der Waals surface area contributed by atoms with Crippen LogP contribution in [0.2, 0.25) is 0 Å². The van der Waals surface area contributed by atoms with Gasteiger partial charge in [0.1, 0.15) is 6.54 Å². The molecule has 4 rings (SSSR count). The Bertz CT molecular complexity index is 1580. The minimum atomic E-state index is -1.77. The van der Waals surface area contributed by atoms with Crippen molar-refractivity contribution in [2.24, 2.45) is 0 Å². The molecule has 1 fully saturated rings. The van der Waals surface area contributed by atoms with Crippen LogP contribution in [0.15, 0.2) is 59.5 Å². The van der Waals surface area contributed by atoms with Crippen molar-refractivity contribution in [3.63, 3.8) is 0 Å². The lowest BCUT2D eigenvalue weighted by molar-refractivity contribution is -0.127. The molecule has 218 valence electrons. The average Bonchev–Trinajstić information content (AvgIpc) is 3.21. The van der Waals surface area contributed by atoms with Gasteiger partial charge in [-0.1, -0.05) is 23.8 Å². The number of thioether (sulfide) groups is 1. The van der Waals surface area contributed by atoms with E-state index in [-0.39, 0.29) is 29.8 Å². The first-order valence-corrected chi connectivity index (χ1v) is 13.3. The van der Waals surface area contributed by atoms with Crippen LogP contribution in [-0.2, 0) is 14.4 Å². The van der Waals surface area contributed by atoms with Gasteiger partial charge >= 0.3 is 0 Å². The lowest BCUT2D eigenvalue weighted by atomic mass is 10.2. The normalized spacial score (nSPS) is 13.8. The zero-order valence-corrected chi connectivity index (χ0v) is 23.2. The van der Waals surface area contributed by atoms with Crippen molar-refractivity contribution in [3.05, 3.63) is 88.1 Å². The molecule has 0 spiro atoms. The molecule has 1 heterocycles. The van der Waals surface area contributed by atoms with Gasteiger partial charge in [-0.25, -0.2) is 13.2 Å². The largest absolute Gasteiger partial charge is 0.490 e. The molecule has 0 atom stereocenters. The van der Waals surface area contributed by atoms with Crippen LogP contribution >= 0.6 is 11.8 Å². The summed E-state index contributed by atoms with van der Waals surface area (Å²) in [7, 11) is 0. The van der Waals surface area contributed by atoms with Crippen molar-refractivity contribution in [1.82, 2.24) is 4.90 Å². The van der Waals surface area contributed by atoms with Crippen molar-refractivity contribution in [1.29, 1.82) is 0 Å². The first kappa shape index (κ1) is 30.2. The summed E-state index contributed by atoms with van der Waals surface area (Å²) in [5.74, 6) is -6.39. The topological polar surface area (TPSA) is 114 Å². The van der Waals surface area contributed by atoms with Gasteiger partial charge in [0, 0.05) is 5.69 Å². The minimum absolute atomic E-state index is 0.000370. The monoisotopic (exact) mass is 599 g/mol. The number of halogens is 3. The van der Waals surface area contributed by atoms with Crippen LogP contribution in [0.3, 0.4) is 0 Å². The molecule has 0 aromatic heterocycles. The molecular weight excluding hydrogens is 575 g/mol. The van der Waals surface area contributed by atoms with Gasteiger partial charge in [-0.05, 0) is 73.6 Å². The second kappa shape index (κ2) is 13.3. The van der Waals surface area contributed by atoms with E-state index in [2.05, 4.69) is 5.32 Å². The third kappa shape index (κ3) is 7.29. The molecular formula is C29H24F3N3O6S. The maximum Gasteiger partial charge on any atom is 0.294 e. The molecule has 42 heavy (non-hydrogen) atoms. The SMILES string of the molecule is CCOc1cc(/C=C2\SC(=O)N(CC(=O)Nc3ccc(F)c(F)c3F)C2=O)ccc1OCC(=O)Nc1ccc(C)cc1. The van der Waals surface area contributed by atoms with E-state index in [9.17, 15) is 32.3 Å². The highest BCUT2D eigenvalue weighted by Gasteiger charge is 2.36. The first-order valence-electron chi connectivity index (χ1n) is 12.5. The number of amides is 4. The first-order chi connectivity index (χ1) is 20.0. The number of hydrogen-bond donors (Lipinski definition) is 2. The Morgan fingerprint density at radius 3 is 2.36 bits per heavy atom. The van der Waals surface area contributed by atoms with E-state index in [1.165, 1.54) is 6.08 Å². The van der Waals surface area contributed by atoms with Gasteiger partial charge in [0.15, 0.2) is 35.6 Å². The molecule has 0 aliphatic carbocycles. The molecule has 1 saturated heterocycles. The Morgan fingerprint density at radius 2 is 1.64 bits per heavy atom. The summed E-state index contributed by atoms with van der Waals surface area (Å²) in [4.78, 5) is 50.6. The lowest BCUT2D eigenvalue weighted by Crippen LogP contribution is -2.36. The number of imide groups is 1. The molecule has 0 bridgehead atoms. The Kier molecular flexibility index (Phi) is 9.53. The average molecular weight is 600 g/mol. The molecule has 9 nitrogen and oxygen atoms in total. The maximum atomic E-state index is 13.9. The highest BCUT2D eigenvalue weighted by Crippen LogP contribution is 2.35. The molecule has 3 aromatic rings. The van der Waals surface area contributed by atoms with E-state index in [1.54, 1.807) is 37.3 Å². The second-order valence-electron chi connectivity index (χ2n) is 8.88. The Morgan fingerprint density at radius 1 is 0.905 bits per heavy atom. The molecule has 13 heteroatoms. The van der Waals surface area contributed by atoms with Gasteiger partial charge in [-0.15, -0.1) is 0 Å². The number of nitrogens with one attached hydrogen (secondary N) is 2. The zero-order valence-electron chi connectivity index (χ0n) is 22.3. The molecule has 2 N–H and O–H groups in total. The van der Waals surface area contributed by atoms with E-state index in [4.69, 9.17) is 9.47 Å². The highest BCUT2D eigenvalue weighted by atomic mass is 32.2. The number of carbonyl (C=O) groups is 4. The van der Waals surface area contributed by atoms with Gasteiger partial charge in [-0.3, -0.25) is 24.1 Å². The minimum Gasteiger partial charge on any atom is -0.490 e. The van der Waals surface area contributed by atoms with Gasteiger partial charge in [0.05, 0.1) is 17.2 Å². The molecule has 0 saturated carbocycles. The summed E-state index contributed by atoms with van der Waals surface area (Å²) in [6.07, 6.45) is 1.41. The van der Waals surface area contributed by atoms with Crippen molar-refractivity contribution in [3.8, 4) is 11.5 Å².